The molecule has 2 heterocycles. The summed E-state index contributed by atoms with van der Waals surface area (Å²) in [6, 6.07) is 9.70. The highest BCUT2D eigenvalue weighted by Gasteiger charge is 2.29. The van der Waals surface area contributed by atoms with Gasteiger partial charge in [-0.15, -0.1) is 0 Å². The summed E-state index contributed by atoms with van der Waals surface area (Å²) < 4.78 is 8.57. The third-order valence-electron chi connectivity index (χ3n) is 3.82. The van der Waals surface area contributed by atoms with Crippen molar-refractivity contribution in [1.29, 1.82) is 0 Å². The summed E-state index contributed by atoms with van der Waals surface area (Å²) in [7, 11) is 0. The van der Waals surface area contributed by atoms with Gasteiger partial charge in [0.05, 0.1) is 23.6 Å². The van der Waals surface area contributed by atoms with Crippen LogP contribution in [-0.4, -0.2) is 19.6 Å². The average molecular weight is 325 g/mol. The topological polar surface area (TPSA) is 79.8 Å². The number of hydrogen-bond acceptors (Lipinski definition) is 6. The fourth-order valence-corrected chi connectivity index (χ4v) is 2.92. The number of fused-ring (bicyclic) bond motifs is 1. The van der Waals surface area contributed by atoms with Crippen molar-refractivity contribution in [2.75, 3.05) is 10.6 Å². The van der Waals surface area contributed by atoms with Gasteiger partial charge in [-0.05, 0) is 31.0 Å². The van der Waals surface area contributed by atoms with Crippen molar-refractivity contribution in [2.45, 2.75) is 19.4 Å². The predicted molar refractivity (Wildman–Crippen MR) is 90.3 cm³/mol. The maximum absolute atomic E-state index is 11.7. The highest BCUT2D eigenvalue weighted by atomic mass is 32.1. The minimum atomic E-state index is 0.0703. The van der Waals surface area contributed by atoms with Crippen LogP contribution in [0.2, 0.25) is 0 Å². The standard InChI is InChI=1S/C16H15N5OS/c22-16(10-4-5-10)19-14-7-6-12(9-18-14)17-8-11-2-1-3-13-15(11)21-23-20-13/h1-3,6-7,9-10,17H,4-5,8H2,(H,18,19,22). The maximum Gasteiger partial charge on any atom is 0.228 e. The van der Waals surface area contributed by atoms with E-state index in [1.165, 1.54) is 11.7 Å². The quantitative estimate of drug-likeness (QED) is 0.753. The third kappa shape index (κ3) is 3.14. The molecule has 0 aliphatic heterocycles. The van der Waals surface area contributed by atoms with E-state index in [2.05, 4.69) is 24.4 Å². The zero-order chi connectivity index (χ0) is 15.6. The normalized spacial score (nSPS) is 13.9. The Kier molecular flexibility index (Phi) is 3.63. The first-order valence-electron chi connectivity index (χ1n) is 7.50. The van der Waals surface area contributed by atoms with Gasteiger partial charge >= 0.3 is 0 Å². The molecule has 0 radical (unpaired) electrons. The molecule has 4 rings (SSSR count). The van der Waals surface area contributed by atoms with Crippen molar-refractivity contribution in [3.05, 3.63) is 42.1 Å². The van der Waals surface area contributed by atoms with Crippen LogP contribution in [0, 0.1) is 5.92 Å². The molecule has 0 unspecified atom stereocenters. The number of hydrogen-bond donors (Lipinski definition) is 2. The Morgan fingerprint density at radius 3 is 2.91 bits per heavy atom. The predicted octanol–water partition coefficient (Wildman–Crippen LogP) is 3.05. The second-order valence-electron chi connectivity index (χ2n) is 5.60. The Balaban J connectivity index is 1.41. The lowest BCUT2D eigenvalue weighted by molar-refractivity contribution is -0.117. The van der Waals surface area contributed by atoms with Crippen molar-refractivity contribution in [3.8, 4) is 0 Å². The molecule has 1 aromatic carbocycles. The van der Waals surface area contributed by atoms with Gasteiger partial charge in [0, 0.05) is 18.0 Å². The minimum absolute atomic E-state index is 0.0703. The Hall–Kier alpha value is -2.54. The molecular formula is C16H15N5OS. The zero-order valence-electron chi connectivity index (χ0n) is 12.3. The number of rotatable bonds is 5. The molecule has 0 spiro atoms. The van der Waals surface area contributed by atoms with Gasteiger partial charge in [0.25, 0.3) is 0 Å². The molecule has 3 aromatic rings. The molecule has 23 heavy (non-hydrogen) atoms. The molecule has 0 bridgehead atoms. The summed E-state index contributed by atoms with van der Waals surface area (Å²) in [4.78, 5) is 16.0. The van der Waals surface area contributed by atoms with E-state index in [-0.39, 0.29) is 11.8 Å². The largest absolute Gasteiger partial charge is 0.380 e. The molecule has 6 nitrogen and oxygen atoms in total. The average Bonchev–Trinajstić information content (AvgIpc) is 3.32. The van der Waals surface area contributed by atoms with E-state index in [1.54, 1.807) is 6.20 Å². The van der Waals surface area contributed by atoms with Crippen molar-refractivity contribution in [3.63, 3.8) is 0 Å². The molecule has 116 valence electrons. The van der Waals surface area contributed by atoms with E-state index in [0.29, 0.717) is 12.4 Å². The van der Waals surface area contributed by atoms with Crippen LogP contribution in [0.15, 0.2) is 36.5 Å². The van der Waals surface area contributed by atoms with Crippen molar-refractivity contribution in [1.82, 2.24) is 13.7 Å². The van der Waals surface area contributed by atoms with Crippen molar-refractivity contribution in [2.24, 2.45) is 5.92 Å². The van der Waals surface area contributed by atoms with Crippen LogP contribution in [0.5, 0.6) is 0 Å². The Morgan fingerprint density at radius 1 is 1.22 bits per heavy atom. The Labute approximate surface area is 137 Å². The van der Waals surface area contributed by atoms with Crippen LogP contribution >= 0.6 is 11.7 Å². The number of carbonyl (C=O) groups excluding carboxylic acids is 1. The second-order valence-corrected chi connectivity index (χ2v) is 6.13. The lowest BCUT2D eigenvalue weighted by Gasteiger charge is -2.08. The molecule has 1 amide bonds. The van der Waals surface area contributed by atoms with Crippen LogP contribution < -0.4 is 10.6 Å². The van der Waals surface area contributed by atoms with E-state index < -0.39 is 0 Å². The van der Waals surface area contributed by atoms with Crippen molar-refractivity contribution >= 4 is 40.2 Å². The lowest BCUT2D eigenvalue weighted by atomic mass is 10.2. The molecule has 0 saturated heterocycles. The number of benzene rings is 1. The number of aromatic nitrogens is 3. The number of pyridine rings is 1. The Bertz CT molecular complexity index is 841. The number of carbonyl (C=O) groups is 1. The number of amides is 1. The monoisotopic (exact) mass is 325 g/mol. The van der Waals surface area contributed by atoms with Gasteiger partial charge in [-0.1, -0.05) is 12.1 Å². The fraction of sp³-hybridized carbons (Fsp3) is 0.250. The number of nitrogens with one attached hydrogen (secondary N) is 2. The van der Waals surface area contributed by atoms with Crippen LogP contribution in [0.4, 0.5) is 11.5 Å². The van der Waals surface area contributed by atoms with Gasteiger partial charge in [0.15, 0.2) is 0 Å². The summed E-state index contributed by atoms with van der Waals surface area (Å²) in [6.45, 7) is 0.651. The van der Waals surface area contributed by atoms with E-state index in [1.807, 2.05) is 30.3 Å². The van der Waals surface area contributed by atoms with Crippen LogP contribution in [0.25, 0.3) is 11.0 Å². The first-order valence-corrected chi connectivity index (χ1v) is 8.23. The number of nitrogens with zero attached hydrogens (tertiary/aromatic N) is 3. The summed E-state index contributed by atoms with van der Waals surface area (Å²) >= 11 is 1.22. The molecule has 1 saturated carbocycles. The second kappa shape index (κ2) is 5.92. The molecule has 2 N–H and O–H groups in total. The molecule has 1 aliphatic carbocycles. The highest BCUT2D eigenvalue weighted by Crippen LogP contribution is 2.30. The van der Waals surface area contributed by atoms with Gasteiger partial charge in [0.1, 0.15) is 16.9 Å². The van der Waals surface area contributed by atoms with Gasteiger partial charge in [-0.3, -0.25) is 4.79 Å². The van der Waals surface area contributed by atoms with Gasteiger partial charge < -0.3 is 10.6 Å². The first kappa shape index (κ1) is 14.1. The summed E-state index contributed by atoms with van der Waals surface area (Å²) in [5, 5.41) is 6.15. The molecule has 1 aliphatic rings. The van der Waals surface area contributed by atoms with Gasteiger partial charge in [-0.25, -0.2) is 4.98 Å². The summed E-state index contributed by atoms with van der Waals surface area (Å²) in [5.41, 5.74) is 3.86. The molecule has 7 heteroatoms. The third-order valence-corrected chi connectivity index (χ3v) is 4.36. The Morgan fingerprint density at radius 2 is 2.13 bits per heavy atom. The first-order chi connectivity index (χ1) is 11.3. The fourth-order valence-electron chi connectivity index (χ4n) is 2.35. The molecular weight excluding hydrogens is 310 g/mol. The minimum Gasteiger partial charge on any atom is -0.380 e. The SMILES string of the molecule is O=C(Nc1ccc(NCc2cccc3nsnc23)cn1)C1CC1. The van der Waals surface area contributed by atoms with Gasteiger partial charge in [-0.2, -0.15) is 8.75 Å². The summed E-state index contributed by atoms with van der Waals surface area (Å²) in [6.07, 6.45) is 3.70. The maximum atomic E-state index is 11.7. The van der Waals surface area contributed by atoms with Crippen LogP contribution in [0.3, 0.4) is 0 Å². The zero-order valence-corrected chi connectivity index (χ0v) is 13.1. The van der Waals surface area contributed by atoms with Gasteiger partial charge in [0.2, 0.25) is 5.91 Å². The number of anilines is 2. The lowest BCUT2D eigenvalue weighted by Crippen LogP contribution is -2.14. The van der Waals surface area contributed by atoms with Crippen molar-refractivity contribution < 1.29 is 4.79 Å². The van der Waals surface area contributed by atoms with E-state index in [9.17, 15) is 4.79 Å². The smallest absolute Gasteiger partial charge is 0.228 e. The van der Waals surface area contributed by atoms with E-state index in [4.69, 9.17) is 0 Å². The highest BCUT2D eigenvalue weighted by molar-refractivity contribution is 7.00. The van der Waals surface area contributed by atoms with Crippen LogP contribution in [-0.2, 0) is 11.3 Å². The molecule has 1 fully saturated rings. The molecule has 0 atom stereocenters. The summed E-state index contributed by atoms with van der Waals surface area (Å²) in [5.74, 6) is 0.848. The van der Waals surface area contributed by atoms with Crippen LogP contribution in [0.1, 0.15) is 18.4 Å². The van der Waals surface area contributed by atoms with E-state index in [0.717, 1.165) is 35.1 Å². The molecule has 2 aromatic heterocycles. The van der Waals surface area contributed by atoms with E-state index >= 15 is 0 Å².